The minimum atomic E-state index is -1.06. The molecule has 18 heavy (non-hydrogen) atoms. The number of ether oxygens (including phenoxy) is 1. The molecule has 1 heterocycles. The van der Waals surface area contributed by atoms with E-state index in [1.54, 1.807) is 0 Å². The first-order valence-corrected chi connectivity index (χ1v) is 6.25. The van der Waals surface area contributed by atoms with Crippen molar-refractivity contribution in [2.75, 3.05) is 25.1 Å². The van der Waals surface area contributed by atoms with Crippen LogP contribution in [-0.2, 0) is 4.74 Å². The molecule has 0 bridgehead atoms. The first-order valence-electron chi connectivity index (χ1n) is 5.88. The minimum absolute atomic E-state index is 0.0491. The number of aromatic carboxylic acids is 1. The van der Waals surface area contributed by atoms with E-state index in [1.165, 1.54) is 25.1 Å². The van der Waals surface area contributed by atoms with E-state index in [0.29, 0.717) is 19.0 Å². The molecule has 0 aliphatic heterocycles. The highest BCUT2D eigenvalue weighted by molar-refractivity contribution is 6.35. The molecule has 5 nitrogen and oxygen atoms in total. The van der Waals surface area contributed by atoms with Crippen molar-refractivity contribution in [3.8, 4) is 0 Å². The highest BCUT2D eigenvalue weighted by Gasteiger charge is 2.20. The standard InChI is InChI=1S/C12H15ClN2O3/c13-10-9(12(16)17)3-4-14-11(10)15-5-6-18-7-8-1-2-8/h3-4,8H,1-2,5-7H2,(H,14,15)(H,16,17). The van der Waals surface area contributed by atoms with Crippen molar-refractivity contribution >= 4 is 23.4 Å². The summed E-state index contributed by atoms with van der Waals surface area (Å²) in [4.78, 5) is 14.9. The number of nitrogens with one attached hydrogen (secondary N) is 1. The maximum Gasteiger partial charge on any atom is 0.337 e. The molecule has 1 aliphatic carbocycles. The van der Waals surface area contributed by atoms with Crippen molar-refractivity contribution in [1.29, 1.82) is 0 Å². The van der Waals surface area contributed by atoms with Crippen LogP contribution in [0.15, 0.2) is 12.3 Å². The molecule has 6 heteroatoms. The number of carboxylic acids is 1. The zero-order valence-corrected chi connectivity index (χ0v) is 10.6. The normalized spacial score (nSPS) is 14.5. The van der Waals surface area contributed by atoms with E-state index in [9.17, 15) is 4.79 Å². The third kappa shape index (κ3) is 3.58. The van der Waals surface area contributed by atoms with Gasteiger partial charge in [-0.1, -0.05) is 11.6 Å². The molecule has 1 saturated carbocycles. The van der Waals surface area contributed by atoms with Gasteiger partial charge in [0.1, 0.15) is 5.82 Å². The Kier molecular flexibility index (Phi) is 4.38. The van der Waals surface area contributed by atoms with E-state index in [1.807, 2.05) is 0 Å². The second-order valence-corrected chi connectivity index (χ2v) is 4.65. The van der Waals surface area contributed by atoms with Crippen molar-refractivity contribution in [3.05, 3.63) is 22.8 Å². The molecule has 1 aliphatic rings. The Morgan fingerprint density at radius 1 is 1.61 bits per heavy atom. The van der Waals surface area contributed by atoms with Gasteiger partial charge in [-0.15, -0.1) is 0 Å². The Morgan fingerprint density at radius 2 is 2.39 bits per heavy atom. The van der Waals surface area contributed by atoms with Crippen LogP contribution in [0.2, 0.25) is 5.02 Å². The molecule has 2 rings (SSSR count). The van der Waals surface area contributed by atoms with E-state index in [4.69, 9.17) is 21.4 Å². The van der Waals surface area contributed by atoms with Crippen LogP contribution in [0.5, 0.6) is 0 Å². The number of hydrogen-bond donors (Lipinski definition) is 2. The molecule has 0 aromatic carbocycles. The molecule has 1 fully saturated rings. The average molecular weight is 271 g/mol. The molecule has 1 aromatic heterocycles. The van der Waals surface area contributed by atoms with Gasteiger partial charge in [0.15, 0.2) is 0 Å². The lowest BCUT2D eigenvalue weighted by Gasteiger charge is -2.09. The van der Waals surface area contributed by atoms with E-state index >= 15 is 0 Å². The van der Waals surface area contributed by atoms with Crippen LogP contribution in [-0.4, -0.2) is 35.8 Å². The number of pyridine rings is 1. The van der Waals surface area contributed by atoms with Crippen LogP contribution in [0.3, 0.4) is 0 Å². The maximum atomic E-state index is 10.9. The average Bonchev–Trinajstić information content (AvgIpc) is 3.14. The van der Waals surface area contributed by atoms with Crippen LogP contribution >= 0.6 is 11.6 Å². The third-order valence-corrected chi connectivity index (χ3v) is 3.09. The Hall–Kier alpha value is -1.33. The molecule has 0 unspecified atom stereocenters. The van der Waals surface area contributed by atoms with Crippen molar-refractivity contribution in [3.63, 3.8) is 0 Å². The fourth-order valence-corrected chi connectivity index (χ4v) is 1.77. The number of carbonyl (C=O) groups is 1. The largest absolute Gasteiger partial charge is 0.478 e. The summed E-state index contributed by atoms with van der Waals surface area (Å²) < 4.78 is 5.45. The Labute approximate surface area is 110 Å². The number of carboxylic acid groups (broad SMARTS) is 1. The molecule has 98 valence electrons. The summed E-state index contributed by atoms with van der Waals surface area (Å²) in [6, 6.07) is 1.37. The second-order valence-electron chi connectivity index (χ2n) is 4.27. The van der Waals surface area contributed by atoms with Gasteiger partial charge in [-0.25, -0.2) is 9.78 Å². The van der Waals surface area contributed by atoms with Crippen molar-refractivity contribution in [2.45, 2.75) is 12.8 Å². The predicted molar refractivity (Wildman–Crippen MR) is 68.2 cm³/mol. The van der Waals surface area contributed by atoms with Crippen molar-refractivity contribution < 1.29 is 14.6 Å². The smallest absolute Gasteiger partial charge is 0.337 e. The number of rotatable bonds is 7. The van der Waals surface area contributed by atoms with Crippen molar-refractivity contribution in [2.24, 2.45) is 5.92 Å². The van der Waals surface area contributed by atoms with Crippen LogP contribution in [0.25, 0.3) is 0 Å². The second kappa shape index (κ2) is 6.02. The van der Waals surface area contributed by atoms with Crippen LogP contribution in [0, 0.1) is 5.92 Å². The van der Waals surface area contributed by atoms with Gasteiger partial charge in [-0.2, -0.15) is 0 Å². The molecule has 0 radical (unpaired) electrons. The SMILES string of the molecule is O=C(O)c1ccnc(NCCOCC2CC2)c1Cl. The number of hydrogen-bond acceptors (Lipinski definition) is 4. The predicted octanol–water partition coefficient (Wildman–Crippen LogP) is 2.27. The number of nitrogens with zero attached hydrogens (tertiary/aromatic N) is 1. The third-order valence-electron chi connectivity index (χ3n) is 2.71. The zero-order valence-electron chi connectivity index (χ0n) is 9.86. The number of anilines is 1. The zero-order chi connectivity index (χ0) is 13.0. The number of aromatic nitrogens is 1. The molecule has 0 atom stereocenters. The van der Waals surface area contributed by atoms with Gasteiger partial charge in [0.2, 0.25) is 0 Å². The quantitative estimate of drug-likeness (QED) is 0.744. The van der Waals surface area contributed by atoms with Gasteiger partial charge in [-0.3, -0.25) is 0 Å². The van der Waals surface area contributed by atoms with Gasteiger partial charge in [0, 0.05) is 19.3 Å². The fourth-order valence-electron chi connectivity index (χ4n) is 1.51. The van der Waals surface area contributed by atoms with Crippen LogP contribution in [0.1, 0.15) is 23.2 Å². The van der Waals surface area contributed by atoms with E-state index in [-0.39, 0.29) is 10.6 Å². The fraction of sp³-hybridized carbons (Fsp3) is 0.500. The Bertz CT molecular complexity index is 435. The molecule has 0 spiro atoms. The summed E-state index contributed by atoms with van der Waals surface area (Å²) in [6.07, 6.45) is 3.95. The number of halogens is 1. The summed E-state index contributed by atoms with van der Waals surface area (Å²) in [6.45, 7) is 1.92. The highest BCUT2D eigenvalue weighted by Crippen LogP contribution is 2.28. The van der Waals surface area contributed by atoms with Crippen LogP contribution in [0.4, 0.5) is 5.82 Å². The molecular formula is C12H15ClN2O3. The first kappa shape index (κ1) is 13.1. The highest BCUT2D eigenvalue weighted by atomic mass is 35.5. The maximum absolute atomic E-state index is 10.9. The molecule has 0 saturated heterocycles. The van der Waals surface area contributed by atoms with Gasteiger partial charge in [-0.05, 0) is 24.8 Å². The lowest BCUT2D eigenvalue weighted by atomic mass is 10.2. The summed E-state index contributed by atoms with van der Waals surface area (Å²) in [5, 5.41) is 12.0. The summed E-state index contributed by atoms with van der Waals surface area (Å²) in [5.74, 6) is 0.0593. The van der Waals surface area contributed by atoms with E-state index < -0.39 is 5.97 Å². The Balaban J connectivity index is 1.80. The van der Waals surface area contributed by atoms with Gasteiger partial charge >= 0.3 is 5.97 Å². The summed E-state index contributed by atoms with van der Waals surface area (Å²) in [7, 11) is 0. The molecule has 2 N–H and O–H groups in total. The summed E-state index contributed by atoms with van der Waals surface area (Å²) in [5.41, 5.74) is 0.0491. The minimum Gasteiger partial charge on any atom is -0.478 e. The molecule has 1 aromatic rings. The van der Waals surface area contributed by atoms with Gasteiger partial charge < -0.3 is 15.2 Å². The van der Waals surface area contributed by atoms with E-state index in [2.05, 4.69) is 10.3 Å². The lowest BCUT2D eigenvalue weighted by Crippen LogP contribution is -2.12. The Morgan fingerprint density at radius 3 is 3.06 bits per heavy atom. The monoisotopic (exact) mass is 270 g/mol. The molecule has 0 amide bonds. The van der Waals surface area contributed by atoms with Gasteiger partial charge in [0.05, 0.1) is 17.2 Å². The van der Waals surface area contributed by atoms with Gasteiger partial charge in [0.25, 0.3) is 0 Å². The molecular weight excluding hydrogens is 256 g/mol. The van der Waals surface area contributed by atoms with Crippen LogP contribution < -0.4 is 5.32 Å². The van der Waals surface area contributed by atoms with E-state index in [0.717, 1.165) is 12.5 Å². The lowest BCUT2D eigenvalue weighted by molar-refractivity contribution is 0.0697. The van der Waals surface area contributed by atoms with Crippen molar-refractivity contribution in [1.82, 2.24) is 4.98 Å². The first-order chi connectivity index (χ1) is 8.68. The topological polar surface area (TPSA) is 71.5 Å². The summed E-state index contributed by atoms with van der Waals surface area (Å²) >= 11 is 5.93.